The van der Waals surface area contributed by atoms with Crippen LogP contribution in [-0.2, 0) is 20.9 Å². The summed E-state index contributed by atoms with van der Waals surface area (Å²) in [5.74, 6) is -1.57. The van der Waals surface area contributed by atoms with E-state index in [1.54, 1.807) is 6.92 Å². The lowest BCUT2D eigenvalue weighted by atomic mass is 9.95. The lowest BCUT2D eigenvalue weighted by Gasteiger charge is -2.29. The summed E-state index contributed by atoms with van der Waals surface area (Å²) in [6.45, 7) is 3.37. The first-order chi connectivity index (χ1) is 16.8. The number of amides is 2. The Hall–Kier alpha value is -4.14. The van der Waals surface area contributed by atoms with Crippen LogP contribution in [0.2, 0.25) is 0 Å². The first kappa shape index (κ1) is 24.0. The van der Waals surface area contributed by atoms with Gasteiger partial charge in [0.2, 0.25) is 5.91 Å². The van der Waals surface area contributed by atoms with Gasteiger partial charge in [0.15, 0.2) is 0 Å². The van der Waals surface area contributed by atoms with Gasteiger partial charge in [0.05, 0.1) is 11.9 Å². The van der Waals surface area contributed by atoms with E-state index in [1.807, 2.05) is 43.3 Å². The maximum atomic E-state index is 13.0. The van der Waals surface area contributed by atoms with Gasteiger partial charge in [-0.3, -0.25) is 14.3 Å². The van der Waals surface area contributed by atoms with Crippen molar-refractivity contribution in [3.8, 4) is 11.1 Å². The molecule has 9 nitrogen and oxygen atoms in total. The highest BCUT2D eigenvalue weighted by atomic mass is 16.5. The third-order valence-electron chi connectivity index (χ3n) is 6.16. The Labute approximate surface area is 203 Å². The smallest absolute Gasteiger partial charge is 0.408 e. The van der Waals surface area contributed by atoms with E-state index in [9.17, 15) is 14.4 Å². The molecule has 35 heavy (non-hydrogen) atoms. The number of fused-ring (bicyclic) bond motifs is 3. The highest BCUT2D eigenvalue weighted by Gasteiger charge is 2.36. The minimum atomic E-state index is -1.23. The zero-order valence-corrected chi connectivity index (χ0v) is 19.7. The van der Waals surface area contributed by atoms with Crippen LogP contribution >= 0.6 is 0 Å². The number of benzene rings is 2. The van der Waals surface area contributed by atoms with E-state index >= 15 is 0 Å². The third-order valence-corrected chi connectivity index (χ3v) is 6.16. The number of hydrogen-bond acceptors (Lipinski definition) is 5. The Morgan fingerprint density at radius 1 is 1.09 bits per heavy atom. The quantitative estimate of drug-likeness (QED) is 0.429. The lowest BCUT2D eigenvalue weighted by molar-refractivity contribution is -0.137. The number of aromatic nitrogens is 2. The van der Waals surface area contributed by atoms with E-state index < -0.39 is 23.5 Å². The molecule has 1 unspecified atom stereocenters. The van der Waals surface area contributed by atoms with Crippen molar-refractivity contribution in [1.82, 2.24) is 15.1 Å². The van der Waals surface area contributed by atoms with Crippen molar-refractivity contribution in [3.05, 3.63) is 72.1 Å². The average molecular weight is 477 g/mol. The minimum absolute atomic E-state index is 0.0838. The van der Waals surface area contributed by atoms with Crippen molar-refractivity contribution in [2.75, 3.05) is 11.9 Å². The molecule has 182 valence electrons. The number of aliphatic carboxylic acids is 1. The van der Waals surface area contributed by atoms with Crippen LogP contribution < -0.4 is 10.6 Å². The molecule has 1 aromatic heterocycles. The Balaban J connectivity index is 1.42. The van der Waals surface area contributed by atoms with E-state index in [-0.39, 0.29) is 19.1 Å². The first-order valence-electron chi connectivity index (χ1n) is 11.5. The van der Waals surface area contributed by atoms with E-state index in [1.165, 1.54) is 17.1 Å². The summed E-state index contributed by atoms with van der Waals surface area (Å²) in [6.07, 6.45) is 3.13. The van der Waals surface area contributed by atoms with Gasteiger partial charge in [0, 0.05) is 12.1 Å². The van der Waals surface area contributed by atoms with E-state index in [4.69, 9.17) is 9.84 Å². The molecule has 1 heterocycles. The second kappa shape index (κ2) is 10.0. The molecule has 2 amide bonds. The number of nitrogens with zero attached hydrogens (tertiary/aromatic N) is 2. The highest BCUT2D eigenvalue weighted by Crippen LogP contribution is 2.44. The molecule has 1 aliphatic rings. The minimum Gasteiger partial charge on any atom is -0.480 e. The monoisotopic (exact) mass is 476 g/mol. The molecule has 1 atom stereocenters. The van der Waals surface area contributed by atoms with Crippen LogP contribution in [0.5, 0.6) is 0 Å². The van der Waals surface area contributed by atoms with Gasteiger partial charge >= 0.3 is 12.1 Å². The number of carboxylic acid groups (broad SMARTS) is 1. The average Bonchev–Trinajstić information content (AvgIpc) is 3.39. The first-order valence-corrected chi connectivity index (χ1v) is 11.5. The van der Waals surface area contributed by atoms with Crippen LogP contribution in [-0.4, -0.2) is 45.0 Å². The number of hydrogen-bond donors (Lipinski definition) is 3. The van der Waals surface area contributed by atoms with Crippen molar-refractivity contribution in [1.29, 1.82) is 0 Å². The van der Waals surface area contributed by atoms with Gasteiger partial charge in [-0.2, -0.15) is 5.10 Å². The number of nitrogens with one attached hydrogen (secondary N) is 2. The summed E-state index contributed by atoms with van der Waals surface area (Å²) < 4.78 is 6.82. The number of rotatable bonds is 9. The number of carboxylic acids is 1. The van der Waals surface area contributed by atoms with Gasteiger partial charge in [-0.25, -0.2) is 4.79 Å². The molecular formula is C26H28N4O5. The van der Waals surface area contributed by atoms with Gasteiger partial charge in [0.25, 0.3) is 0 Å². The molecule has 4 rings (SSSR count). The molecule has 0 radical (unpaired) electrons. The number of carbonyl (C=O) groups is 3. The van der Waals surface area contributed by atoms with E-state index in [0.717, 1.165) is 22.3 Å². The molecule has 2 aromatic carbocycles. The van der Waals surface area contributed by atoms with E-state index in [2.05, 4.69) is 27.9 Å². The molecular weight excluding hydrogens is 448 g/mol. The predicted octanol–water partition coefficient (Wildman–Crippen LogP) is 4.00. The zero-order chi connectivity index (χ0) is 25.0. The number of anilines is 1. The van der Waals surface area contributed by atoms with Gasteiger partial charge in [-0.1, -0.05) is 61.9 Å². The zero-order valence-electron chi connectivity index (χ0n) is 19.7. The maximum Gasteiger partial charge on any atom is 0.408 e. The fraction of sp³-hybridized carbons (Fsp3) is 0.308. The van der Waals surface area contributed by atoms with Crippen molar-refractivity contribution in [2.45, 2.75) is 44.7 Å². The van der Waals surface area contributed by atoms with Gasteiger partial charge in [-0.15, -0.1) is 0 Å². The Bertz CT molecular complexity index is 1210. The standard InChI is InChI=1S/C26H28N4O5/c1-3-12-26(2,24(33)28-17-13-27-30(14-17)15-23(31)32)29-25(34)35-16-22-20-10-6-4-8-18(20)19-9-5-7-11-21(19)22/h4-11,13-14,22H,3,12,15-16H2,1-2H3,(H,28,33)(H,29,34)(H,31,32). The normalized spacial score (nSPS) is 13.9. The summed E-state index contributed by atoms with van der Waals surface area (Å²) >= 11 is 0. The van der Waals surface area contributed by atoms with E-state index in [0.29, 0.717) is 18.5 Å². The summed E-state index contributed by atoms with van der Waals surface area (Å²) in [5.41, 5.74) is 3.59. The predicted molar refractivity (Wildman–Crippen MR) is 130 cm³/mol. The summed E-state index contributed by atoms with van der Waals surface area (Å²) in [6, 6.07) is 16.1. The molecule has 0 spiro atoms. The van der Waals surface area contributed by atoms with Crippen LogP contribution in [0.25, 0.3) is 11.1 Å². The Morgan fingerprint density at radius 3 is 2.31 bits per heavy atom. The molecule has 1 aliphatic carbocycles. The number of carbonyl (C=O) groups excluding carboxylic acids is 2. The van der Waals surface area contributed by atoms with Crippen molar-refractivity contribution in [2.24, 2.45) is 0 Å². The number of ether oxygens (including phenoxy) is 1. The fourth-order valence-corrected chi connectivity index (χ4v) is 4.51. The summed E-state index contributed by atoms with van der Waals surface area (Å²) in [7, 11) is 0. The molecule has 0 bridgehead atoms. The van der Waals surface area contributed by atoms with Crippen LogP contribution in [0.3, 0.4) is 0 Å². The van der Waals surface area contributed by atoms with Crippen molar-refractivity contribution < 1.29 is 24.2 Å². The Morgan fingerprint density at radius 2 is 1.71 bits per heavy atom. The summed E-state index contributed by atoms with van der Waals surface area (Å²) in [5, 5.41) is 18.2. The molecule has 3 N–H and O–H groups in total. The van der Waals surface area contributed by atoms with Crippen LogP contribution in [0.15, 0.2) is 60.9 Å². The topological polar surface area (TPSA) is 123 Å². The number of alkyl carbamates (subject to hydrolysis) is 1. The van der Waals surface area contributed by atoms with Crippen LogP contribution in [0.4, 0.5) is 10.5 Å². The van der Waals surface area contributed by atoms with Crippen molar-refractivity contribution >= 4 is 23.7 Å². The van der Waals surface area contributed by atoms with Crippen LogP contribution in [0.1, 0.15) is 43.7 Å². The largest absolute Gasteiger partial charge is 0.480 e. The maximum absolute atomic E-state index is 13.0. The van der Waals surface area contributed by atoms with Gasteiger partial charge in [-0.05, 0) is 35.6 Å². The van der Waals surface area contributed by atoms with Crippen LogP contribution in [0, 0.1) is 0 Å². The highest BCUT2D eigenvalue weighted by molar-refractivity contribution is 5.99. The second-order valence-electron chi connectivity index (χ2n) is 8.81. The lowest BCUT2D eigenvalue weighted by Crippen LogP contribution is -2.54. The van der Waals surface area contributed by atoms with Gasteiger partial charge in [0.1, 0.15) is 18.7 Å². The third kappa shape index (κ3) is 5.18. The second-order valence-corrected chi connectivity index (χ2v) is 8.81. The molecule has 0 saturated heterocycles. The molecule has 0 fully saturated rings. The Kier molecular flexibility index (Phi) is 6.86. The summed E-state index contributed by atoms with van der Waals surface area (Å²) in [4.78, 5) is 36.7. The molecule has 0 saturated carbocycles. The van der Waals surface area contributed by atoms with Crippen molar-refractivity contribution in [3.63, 3.8) is 0 Å². The SMILES string of the molecule is CCCC(C)(NC(=O)OCC1c2ccccc2-c2ccccc21)C(=O)Nc1cnn(CC(=O)O)c1. The molecule has 9 heteroatoms. The molecule has 0 aliphatic heterocycles. The fourth-order valence-electron chi connectivity index (χ4n) is 4.51. The molecule has 3 aromatic rings. The van der Waals surface area contributed by atoms with Gasteiger partial charge < -0.3 is 20.5 Å².